The van der Waals surface area contributed by atoms with E-state index >= 15 is 0 Å². The van der Waals surface area contributed by atoms with Gasteiger partial charge >= 0.3 is 0 Å². The number of nitrogens with one attached hydrogen (secondary N) is 1. The molecule has 0 amide bonds. The van der Waals surface area contributed by atoms with Gasteiger partial charge in [0, 0.05) is 5.39 Å². The van der Waals surface area contributed by atoms with Crippen LogP contribution in [0.15, 0.2) is 30.3 Å². The summed E-state index contributed by atoms with van der Waals surface area (Å²) in [6.45, 7) is 2.26. The summed E-state index contributed by atoms with van der Waals surface area (Å²) in [5.74, 6) is 0.594. The molecule has 1 aliphatic rings. The van der Waals surface area contributed by atoms with Gasteiger partial charge in [-0.2, -0.15) is 5.26 Å². The van der Waals surface area contributed by atoms with Gasteiger partial charge in [0.25, 0.3) is 0 Å². The van der Waals surface area contributed by atoms with Gasteiger partial charge < -0.3 is 0 Å². The second kappa shape index (κ2) is 3.24. The highest BCUT2D eigenvalue weighted by Crippen LogP contribution is 2.40. The summed E-state index contributed by atoms with van der Waals surface area (Å²) in [4.78, 5) is 0. The molecule has 0 aromatic heterocycles. The van der Waals surface area contributed by atoms with Crippen molar-refractivity contribution >= 4 is 16.5 Å². The fourth-order valence-corrected chi connectivity index (χ4v) is 2.70. The van der Waals surface area contributed by atoms with Crippen molar-refractivity contribution in [3.8, 4) is 6.19 Å². The Bertz CT molecular complexity index is 608. The summed E-state index contributed by atoms with van der Waals surface area (Å²) >= 11 is 0. The van der Waals surface area contributed by atoms with Crippen LogP contribution in [-0.2, 0) is 6.42 Å². The number of hydrogen-bond acceptors (Lipinski definition) is 2. The summed E-state index contributed by atoms with van der Waals surface area (Å²) in [5.41, 5.74) is 3.73. The molecule has 2 nitrogen and oxygen atoms in total. The van der Waals surface area contributed by atoms with E-state index in [4.69, 9.17) is 5.26 Å². The van der Waals surface area contributed by atoms with Crippen molar-refractivity contribution in [3.63, 3.8) is 0 Å². The maximum absolute atomic E-state index is 8.72. The van der Waals surface area contributed by atoms with Crippen molar-refractivity contribution in [2.45, 2.75) is 19.3 Å². The van der Waals surface area contributed by atoms with E-state index in [1.165, 1.54) is 21.9 Å². The average molecular weight is 208 g/mol. The van der Waals surface area contributed by atoms with Crippen LogP contribution >= 0.6 is 0 Å². The number of benzene rings is 2. The molecule has 0 saturated heterocycles. The van der Waals surface area contributed by atoms with Crippen molar-refractivity contribution < 1.29 is 0 Å². The molecule has 3 rings (SSSR count). The highest BCUT2D eigenvalue weighted by atomic mass is 14.9. The minimum Gasteiger partial charge on any atom is -0.292 e. The van der Waals surface area contributed by atoms with Gasteiger partial charge in [0.1, 0.15) is 0 Å². The van der Waals surface area contributed by atoms with Crippen LogP contribution in [0.2, 0.25) is 0 Å². The normalized spacial score (nSPS) is 17.4. The SMILES string of the molecule is CC1Cc2ccc(NC#N)c3cccc1c23. The maximum atomic E-state index is 8.72. The van der Waals surface area contributed by atoms with Crippen molar-refractivity contribution in [1.29, 1.82) is 5.26 Å². The van der Waals surface area contributed by atoms with Crippen LogP contribution in [0.25, 0.3) is 10.8 Å². The van der Waals surface area contributed by atoms with Crippen LogP contribution in [0.3, 0.4) is 0 Å². The van der Waals surface area contributed by atoms with Crippen molar-refractivity contribution in [3.05, 3.63) is 41.5 Å². The Morgan fingerprint density at radius 2 is 2.19 bits per heavy atom. The lowest BCUT2D eigenvalue weighted by Gasteiger charge is -2.07. The molecular formula is C14H12N2. The highest BCUT2D eigenvalue weighted by molar-refractivity contribution is 6.00. The predicted molar refractivity (Wildman–Crippen MR) is 65.3 cm³/mol. The zero-order valence-electron chi connectivity index (χ0n) is 9.12. The number of hydrogen-bond donors (Lipinski definition) is 1. The molecule has 1 aliphatic carbocycles. The highest BCUT2D eigenvalue weighted by Gasteiger charge is 2.21. The third-order valence-electron chi connectivity index (χ3n) is 3.41. The fraction of sp³-hybridized carbons (Fsp3) is 0.214. The molecule has 0 heterocycles. The maximum Gasteiger partial charge on any atom is 0.181 e. The van der Waals surface area contributed by atoms with Crippen LogP contribution in [0, 0.1) is 11.5 Å². The van der Waals surface area contributed by atoms with Crippen LogP contribution < -0.4 is 5.32 Å². The topological polar surface area (TPSA) is 35.8 Å². The minimum atomic E-state index is 0.594. The molecule has 0 radical (unpaired) electrons. The molecule has 1 N–H and O–H groups in total. The van der Waals surface area contributed by atoms with Crippen LogP contribution in [0.1, 0.15) is 24.0 Å². The van der Waals surface area contributed by atoms with E-state index < -0.39 is 0 Å². The van der Waals surface area contributed by atoms with E-state index in [-0.39, 0.29) is 0 Å². The average Bonchev–Trinajstić information content (AvgIpc) is 2.62. The Balaban J connectivity index is 2.38. The van der Waals surface area contributed by atoms with Crippen LogP contribution in [0.4, 0.5) is 5.69 Å². The van der Waals surface area contributed by atoms with Crippen molar-refractivity contribution in [1.82, 2.24) is 0 Å². The zero-order chi connectivity index (χ0) is 11.1. The van der Waals surface area contributed by atoms with Gasteiger partial charge in [0.15, 0.2) is 6.19 Å². The lowest BCUT2D eigenvalue weighted by Crippen LogP contribution is -1.90. The molecule has 1 unspecified atom stereocenters. The Morgan fingerprint density at radius 3 is 3.00 bits per heavy atom. The number of anilines is 1. The van der Waals surface area contributed by atoms with Gasteiger partial charge in [-0.25, -0.2) is 0 Å². The molecular weight excluding hydrogens is 196 g/mol. The Labute approximate surface area is 94.5 Å². The van der Waals surface area contributed by atoms with E-state index in [0.29, 0.717) is 5.92 Å². The van der Waals surface area contributed by atoms with E-state index in [9.17, 15) is 0 Å². The molecule has 2 aromatic carbocycles. The van der Waals surface area contributed by atoms with Crippen LogP contribution in [0.5, 0.6) is 0 Å². The molecule has 0 bridgehead atoms. The van der Waals surface area contributed by atoms with Crippen molar-refractivity contribution in [2.75, 3.05) is 5.32 Å². The zero-order valence-corrected chi connectivity index (χ0v) is 9.12. The second-order valence-electron chi connectivity index (χ2n) is 4.38. The quantitative estimate of drug-likeness (QED) is 0.576. The first-order chi connectivity index (χ1) is 7.81. The minimum absolute atomic E-state index is 0.594. The summed E-state index contributed by atoms with van der Waals surface area (Å²) in [6, 6.07) is 10.5. The molecule has 78 valence electrons. The smallest absolute Gasteiger partial charge is 0.181 e. The second-order valence-corrected chi connectivity index (χ2v) is 4.38. The molecule has 2 aromatic rings. The van der Waals surface area contributed by atoms with Gasteiger partial charge in [-0.3, -0.25) is 5.32 Å². The van der Waals surface area contributed by atoms with E-state index in [1.54, 1.807) is 0 Å². The Morgan fingerprint density at radius 1 is 1.31 bits per heavy atom. The van der Waals surface area contributed by atoms with E-state index in [2.05, 4.69) is 36.5 Å². The summed E-state index contributed by atoms with van der Waals surface area (Å²) in [7, 11) is 0. The van der Waals surface area contributed by atoms with E-state index in [1.807, 2.05) is 12.3 Å². The largest absolute Gasteiger partial charge is 0.292 e. The lowest BCUT2D eigenvalue weighted by atomic mass is 10.0. The third-order valence-corrected chi connectivity index (χ3v) is 3.41. The summed E-state index contributed by atoms with van der Waals surface area (Å²) < 4.78 is 0. The summed E-state index contributed by atoms with van der Waals surface area (Å²) in [6.07, 6.45) is 3.11. The standard InChI is InChI=1S/C14H12N2/c1-9-7-10-5-6-13(16-8-15)12-4-2-3-11(9)14(10)12/h2-6,9,16H,7H2,1H3. The third kappa shape index (κ3) is 1.12. The van der Waals surface area contributed by atoms with Crippen LogP contribution in [-0.4, -0.2) is 0 Å². The Kier molecular flexibility index (Phi) is 1.87. The number of nitrogens with zero attached hydrogens (tertiary/aromatic N) is 1. The van der Waals surface area contributed by atoms with E-state index in [0.717, 1.165) is 12.1 Å². The van der Waals surface area contributed by atoms with Gasteiger partial charge in [0.2, 0.25) is 0 Å². The first-order valence-corrected chi connectivity index (χ1v) is 5.51. The Hall–Kier alpha value is -2.01. The fourth-order valence-electron chi connectivity index (χ4n) is 2.70. The monoisotopic (exact) mass is 208 g/mol. The molecule has 16 heavy (non-hydrogen) atoms. The number of nitriles is 1. The van der Waals surface area contributed by atoms with Crippen molar-refractivity contribution in [2.24, 2.45) is 0 Å². The molecule has 0 spiro atoms. The van der Waals surface area contributed by atoms with Gasteiger partial charge in [-0.1, -0.05) is 31.2 Å². The molecule has 1 atom stereocenters. The van der Waals surface area contributed by atoms with Gasteiger partial charge in [-0.15, -0.1) is 0 Å². The molecule has 0 aliphatic heterocycles. The summed E-state index contributed by atoms with van der Waals surface area (Å²) in [5, 5.41) is 14.0. The van der Waals surface area contributed by atoms with Gasteiger partial charge in [0.05, 0.1) is 5.69 Å². The molecule has 0 saturated carbocycles. The molecule has 2 heteroatoms. The lowest BCUT2D eigenvalue weighted by molar-refractivity contribution is 0.798. The number of rotatable bonds is 1. The predicted octanol–water partition coefficient (Wildman–Crippen LogP) is 3.39. The van der Waals surface area contributed by atoms with Gasteiger partial charge in [-0.05, 0) is 34.9 Å². The first kappa shape index (κ1) is 9.23. The first-order valence-electron chi connectivity index (χ1n) is 5.51. The molecule has 0 fully saturated rings.